The molecule has 0 rings (SSSR count). The summed E-state index contributed by atoms with van der Waals surface area (Å²) in [5, 5.41) is 44.1. The summed E-state index contributed by atoms with van der Waals surface area (Å²) >= 11 is 0. The third-order valence-electron chi connectivity index (χ3n) is 14.3. The summed E-state index contributed by atoms with van der Waals surface area (Å²) in [5.74, 6) is -0.575. The molecule has 0 fully saturated rings. The Kier molecular flexibility index (Phi) is 52.7. The topological polar surface area (TPSA) is 110 Å². The molecule has 6 nitrogen and oxygen atoms in total. The molecular weight excluding hydrogens is 791 g/mol. The fraction of sp³-hybridized carbons (Fsp3) is 0.983. The third kappa shape index (κ3) is 46.4. The highest BCUT2D eigenvalue weighted by Gasteiger charge is 2.28. The predicted octanol–water partition coefficient (Wildman–Crippen LogP) is 17.1. The van der Waals surface area contributed by atoms with Gasteiger partial charge in [0.05, 0.1) is 18.8 Å². The number of carbonyl (C=O) groups excluding carboxylic acids is 1. The molecule has 0 radical (unpaired) electrons. The quantitative estimate of drug-likeness (QED) is 0.0391. The molecule has 64 heavy (non-hydrogen) atoms. The third-order valence-corrected chi connectivity index (χ3v) is 14.3. The van der Waals surface area contributed by atoms with E-state index in [1.807, 2.05) is 0 Å². The van der Waals surface area contributed by atoms with Crippen molar-refractivity contribution in [3.63, 3.8) is 0 Å². The number of aliphatic hydroxyl groups is 4. The summed E-state index contributed by atoms with van der Waals surface area (Å²) in [6, 6.07) is -0.981. The summed E-state index contributed by atoms with van der Waals surface area (Å²) in [6.07, 6.45) is 61.8. The molecule has 0 saturated heterocycles. The zero-order valence-electron chi connectivity index (χ0n) is 43.6. The number of nitrogens with one attached hydrogen (secondary N) is 1. The first-order chi connectivity index (χ1) is 31.5. The highest BCUT2D eigenvalue weighted by atomic mass is 16.3. The molecule has 0 aliphatic carbocycles. The average Bonchev–Trinajstić information content (AvgIpc) is 3.30. The van der Waals surface area contributed by atoms with Crippen LogP contribution >= 0.6 is 0 Å². The second-order valence-corrected chi connectivity index (χ2v) is 20.7. The molecule has 0 aliphatic heterocycles. The summed E-state index contributed by atoms with van der Waals surface area (Å²) in [7, 11) is 0. The first kappa shape index (κ1) is 63.3. The van der Waals surface area contributed by atoms with Crippen LogP contribution in [-0.4, -0.2) is 57.3 Å². The monoisotopic (exact) mass is 908 g/mol. The number of hydrogen-bond acceptors (Lipinski definition) is 5. The van der Waals surface area contributed by atoms with E-state index in [9.17, 15) is 25.2 Å². The maximum absolute atomic E-state index is 12.6. The number of rotatable bonds is 55. The maximum atomic E-state index is 12.6. The van der Waals surface area contributed by atoms with Gasteiger partial charge in [0.15, 0.2) is 0 Å². The Labute approximate surface area is 400 Å². The maximum Gasteiger partial charge on any atom is 0.249 e. The largest absolute Gasteiger partial charge is 0.394 e. The molecule has 0 heterocycles. The van der Waals surface area contributed by atoms with E-state index in [0.29, 0.717) is 12.8 Å². The fourth-order valence-electron chi connectivity index (χ4n) is 9.70. The minimum Gasteiger partial charge on any atom is -0.394 e. The molecular formula is C58H117NO5. The Morgan fingerprint density at radius 1 is 0.328 bits per heavy atom. The predicted molar refractivity (Wildman–Crippen MR) is 279 cm³/mol. The molecule has 0 aromatic rings. The number of unbranched alkanes of at least 4 members (excludes halogenated alkanes) is 46. The van der Waals surface area contributed by atoms with E-state index in [4.69, 9.17) is 0 Å². The molecule has 4 atom stereocenters. The second kappa shape index (κ2) is 53.3. The lowest BCUT2D eigenvalue weighted by atomic mass is 9.99. The van der Waals surface area contributed by atoms with Crippen molar-refractivity contribution < 1.29 is 25.2 Å². The fourth-order valence-corrected chi connectivity index (χ4v) is 9.70. The van der Waals surface area contributed by atoms with Crippen LogP contribution in [0.3, 0.4) is 0 Å². The van der Waals surface area contributed by atoms with Crippen LogP contribution in [0.25, 0.3) is 0 Å². The first-order valence-electron chi connectivity index (χ1n) is 29.4. The normalized spacial score (nSPS) is 13.7. The molecule has 0 aromatic heterocycles. The van der Waals surface area contributed by atoms with Crippen LogP contribution in [0, 0.1) is 0 Å². The van der Waals surface area contributed by atoms with Crippen molar-refractivity contribution in [2.45, 2.75) is 359 Å². The van der Waals surface area contributed by atoms with Gasteiger partial charge in [-0.15, -0.1) is 0 Å². The molecule has 0 aliphatic rings. The Hall–Kier alpha value is -0.690. The van der Waals surface area contributed by atoms with Crippen molar-refractivity contribution in [2.24, 2.45) is 0 Å². The highest BCUT2D eigenvalue weighted by molar-refractivity contribution is 5.80. The molecule has 384 valence electrons. The standard InChI is InChI=1S/C58H117NO5/c1-3-5-7-9-11-13-15-17-19-21-23-25-27-28-30-32-34-36-38-40-42-44-46-48-50-52-56(62)58(64)59-54(53-60)57(63)55(61)51-49-47-45-43-41-39-37-35-33-31-29-26-24-22-20-18-16-14-12-10-8-6-4-2/h54-57,60-63H,3-53H2,1-2H3,(H,59,64). The van der Waals surface area contributed by atoms with Gasteiger partial charge in [-0.05, 0) is 12.8 Å². The van der Waals surface area contributed by atoms with Crippen molar-refractivity contribution in [3.8, 4) is 0 Å². The molecule has 0 spiro atoms. The van der Waals surface area contributed by atoms with E-state index >= 15 is 0 Å². The van der Waals surface area contributed by atoms with Crippen LogP contribution in [-0.2, 0) is 4.79 Å². The van der Waals surface area contributed by atoms with E-state index < -0.39 is 36.9 Å². The molecule has 0 bridgehead atoms. The number of carbonyl (C=O) groups is 1. The first-order valence-corrected chi connectivity index (χ1v) is 29.4. The number of hydrogen-bond donors (Lipinski definition) is 5. The van der Waals surface area contributed by atoms with Gasteiger partial charge in [0, 0.05) is 0 Å². The Balaban J connectivity index is 3.57. The minimum absolute atomic E-state index is 0.376. The SMILES string of the molecule is CCCCCCCCCCCCCCCCCCCCCCCCCCCC(O)C(=O)NC(CO)C(O)C(O)CCCCCCCCCCCCCCCCCCCCCCCCC. The number of aliphatic hydroxyl groups excluding tert-OH is 4. The Bertz CT molecular complexity index is 887. The zero-order valence-corrected chi connectivity index (χ0v) is 43.6. The second-order valence-electron chi connectivity index (χ2n) is 20.7. The smallest absolute Gasteiger partial charge is 0.249 e. The van der Waals surface area contributed by atoms with E-state index in [2.05, 4.69) is 19.2 Å². The Morgan fingerprint density at radius 3 is 0.750 bits per heavy atom. The lowest BCUT2D eigenvalue weighted by molar-refractivity contribution is -0.132. The lowest BCUT2D eigenvalue weighted by Crippen LogP contribution is -2.53. The van der Waals surface area contributed by atoms with Crippen molar-refractivity contribution in [1.29, 1.82) is 0 Å². The van der Waals surface area contributed by atoms with Gasteiger partial charge in [0.1, 0.15) is 12.2 Å². The number of amides is 1. The van der Waals surface area contributed by atoms with Crippen LogP contribution in [0.15, 0.2) is 0 Å². The van der Waals surface area contributed by atoms with Crippen molar-refractivity contribution >= 4 is 5.91 Å². The van der Waals surface area contributed by atoms with E-state index in [1.54, 1.807) is 0 Å². The van der Waals surface area contributed by atoms with Crippen molar-refractivity contribution in [3.05, 3.63) is 0 Å². The molecule has 4 unspecified atom stereocenters. The summed E-state index contributed by atoms with van der Waals surface area (Å²) in [6.45, 7) is 4.11. The van der Waals surface area contributed by atoms with Crippen LogP contribution in [0.4, 0.5) is 0 Å². The van der Waals surface area contributed by atoms with E-state index in [1.165, 1.54) is 270 Å². The lowest BCUT2D eigenvalue weighted by Gasteiger charge is -2.27. The van der Waals surface area contributed by atoms with Crippen LogP contribution < -0.4 is 5.32 Å². The van der Waals surface area contributed by atoms with Gasteiger partial charge in [0.2, 0.25) is 5.91 Å². The van der Waals surface area contributed by atoms with Gasteiger partial charge >= 0.3 is 0 Å². The average molecular weight is 909 g/mol. The summed E-state index contributed by atoms with van der Waals surface area (Å²) in [5.41, 5.74) is 0. The highest BCUT2D eigenvalue weighted by Crippen LogP contribution is 2.19. The molecule has 1 amide bonds. The van der Waals surface area contributed by atoms with Gasteiger partial charge in [-0.3, -0.25) is 4.79 Å². The van der Waals surface area contributed by atoms with Crippen LogP contribution in [0.1, 0.15) is 335 Å². The zero-order chi connectivity index (χ0) is 46.7. The Morgan fingerprint density at radius 2 is 0.531 bits per heavy atom. The summed E-state index contributed by atoms with van der Waals surface area (Å²) in [4.78, 5) is 12.6. The molecule has 0 saturated carbocycles. The van der Waals surface area contributed by atoms with E-state index in [-0.39, 0.29) is 0 Å². The van der Waals surface area contributed by atoms with Gasteiger partial charge in [-0.25, -0.2) is 0 Å². The molecule has 5 N–H and O–H groups in total. The molecule has 6 heteroatoms. The molecule has 0 aromatic carbocycles. The minimum atomic E-state index is -1.25. The van der Waals surface area contributed by atoms with Crippen molar-refractivity contribution in [1.82, 2.24) is 5.32 Å². The van der Waals surface area contributed by atoms with Crippen LogP contribution in [0.5, 0.6) is 0 Å². The van der Waals surface area contributed by atoms with Gasteiger partial charge in [-0.1, -0.05) is 322 Å². The van der Waals surface area contributed by atoms with E-state index in [0.717, 1.165) is 38.5 Å². The van der Waals surface area contributed by atoms with Gasteiger partial charge in [-0.2, -0.15) is 0 Å². The van der Waals surface area contributed by atoms with Gasteiger partial charge < -0.3 is 25.7 Å². The van der Waals surface area contributed by atoms with Crippen LogP contribution in [0.2, 0.25) is 0 Å². The van der Waals surface area contributed by atoms with Crippen molar-refractivity contribution in [2.75, 3.05) is 6.61 Å². The van der Waals surface area contributed by atoms with Gasteiger partial charge in [0.25, 0.3) is 0 Å². The summed E-state index contributed by atoms with van der Waals surface area (Å²) < 4.78 is 0.